The fourth-order valence-electron chi connectivity index (χ4n) is 4.11. The number of hydrogen-bond donors (Lipinski definition) is 1. The molecule has 0 fully saturated rings. The lowest BCUT2D eigenvalue weighted by molar-refractivity contribution is 0.161. The van der Waals surface area contributed by atoms with Crippen LogP contribution in [0.2, 0.25) is 13.1 Å². The van der Waals surface area contributed by atoms with E-state index in [1.807, 2.05) is 97.9 Å². The smallest absolute Gasteiger partial charge is 0.241 e. The van der Waals surface area contributed by atoms with E-state index >= 15 is 0 Å². The quantitative estimate of drug-likeness (QED) is 0.291. The van der Waals surface area contributed by atoms with Crippen molar-refractivity contribution in [3.05, 3.63) is 132 Å². The molecule has 0 bridgehead atoms. The molecule has 6 heteroatoms. The first-order valence-electron chi connectivity index (χ1n) is 11.7. The predicted octanol–water partition coefficient (Wildman–Crippen LogP) is 5.88. The van der Waals surface area contributed by atoms with Crippen LogP contribution < -0.4 is 9.91 Å². The van der Waals surface area contributed by atoms with Crippen molar-refractivity contribution < 1.29 is 12.8 Å². The van der Waals surface area contributed by atoms with E-state index in [-0.39, 0.29) is 4.90 Å². The zero-order chi connectivity index (χ0) is 24.9. The molecule has 1 N–H and O–H groups in total. The summed E-state index contributed by atoms with van der Waals surface area (Å²) < 4.78 is 37.0. The summed E-state index contributed by atoms with van der Waals surface area (Å²) in [5.74, 6) is 0. The van der Waals surface area contributed by atoms with Crippen molar-refractivity contribution in [1.29, 1.82) is 0 Å². The lowest BCUT2D eigenvalue weighted by Crippen LogP contribution is -2.47. The first-order valence-corrected chi connectivity index (χ1v) is 16.1. The second-order valence-corrected chi connectivity index (χ2v) is 14.7. The molecule has 0 unspecified atom stereocenters. The molecule has 0 radical (unpaired) electrons. The summed E-state index contributed by atoms with van der Waals surface area (Å²) in [4.78, 5) is 0.232. The topological polar surface area (TPSA) is 55.4 Å². The highest BCUT2D eigenvalue weighted by Crippen LogP contribution is 2.36. The second-order valence-electron chi connectivity index (χ2n) is 9.15. The van der Waals surface area contributed by atoms with Gasteiger partial charge in [-0.1, -0.05) is 109 Å². The van der Waals surface area contributed by atoms with Crippen LogP contribution in [-0.2, 0) is 14.4 Å². The van der Waals surface area contributed by atoms with Crippen LogP contribution in [-0.4, -0.2) is 16.7 Å². The van der Waals surface area contributed by atoms with Crippen molar-refractivity contribution in [2.75, 3.05) is 0 Å². The SMILES string of the molecule is Cc1ccc(S(=O)(=O)N[C@H](c2ccccc2)[C@@H](O[Si](C)(C)c2ccccc2)c2ccccc2)cc1. The van der Waals surface area contributed by atoms with Crippen molar-refractivity contribution in [3.63, 3.8) is 0 Å². The van der Waals surface area contributed by atoms with Gasteiger partial charge in [0.25, 0.3) is 0 Å². The third-order valence-electron chi connectivity index (χ3n) is 6.09. The maximum absolute atomic E-state index is 13.5. The van der Waals surface area contributed by atoms with Crippen LogP contribution in [0, 0.1) is 6.92 Å². The van der Waals surface area contributed by atoms with E-state index in [1.165, 1.54) is 0 Å². The van der Waals surface area contributed by atoms with E-state index in [2.05, 4.69) is 29.9 Å². The molecule has 4 aromatic carbocycles. The Balaban J connectivity index is 1.80. The highest BCUT2D eigenvalue weighted by molar-refractivity contribution is 7.89. The Morgan fingerprint density at radius 2 is 1.17 bits per heavy atom. The van der Waals surface area contributed by atoms with Gasteiger partial charge in [0.1, 0.15) is 0 Å². The highest BCUT2D eigenvalue weighted by Gasteiger charge is 2.36. The van der Waals surface area contributed by atoms with Gasteiger partial charge in [-0.3, -0.25) is 0 Å². The minimum Gasteiger partial charge on any atom is -0.404 e. The van der Waals surface area contributed by atoms with Gasteiger partial charge in [0.2, 0.25) is 18.3 Å². The molecule has 180 valence electrons. The van der Waals surface area contributed by atoms with Crippen molar-refractivity contribution in [2.45, 2.75) is 37.1 Å². The number of rotatable bonds is 9. The summed E-state index contributed by atoms with van der Waals surface area (Å²) in [6.45, 7) is 6.23. The minimum atomic E-state index is -3.81. The van der Waals surface area contributed by atoms with Gasteiger partial charge in [-0.25, -0.2) is 13.1 Å². The third kappa shape index (κ3) is 6.16. The molecule has 0 aliphatic carbocycles. The molecular formula is C29H31NO3SSi. The zero-order valence-corrected chi connectivity index (χ0v) is 22.1. The van der Waals surface area contributed by atoms with Gasteiger partial charge in [0, 0.05) is 0 Å². The largest absolute Gasteiger partial charge is 0.404 e. The van der Waals surface area contributed by atoms with Crippen LogP contribution in [0.25, 0.3) is 0 Å². The molecule has 0 aromatic heterocycles. The van der Waals surface area contributed by atoms with Crippen molar-refractivity contribution in [1.82, 2.24) is 4.72 Å². The highest BCUT2D eigenvalue weighted by atomic mass is 32.2. The average Bonchev–Trinajstić information content (AvgIpc) is 2.88. The van der Waals surface area contributed by atoms with E-state index in [4.69, 9.17) is 4.43 Å². The van der Waals surface area contributed by atoms with Gasteiger partial charge < -0.3 is 4.43 Å². The normalized spacial score (nSPS) is 13.8. The molecule has 0 heterocycles. The molecule has 0 aliphatic rings. The first kappa shape index (κ1) is 25.1. The minimum absolute atomic E-state index is 0.232. The first-order chi connectivity index (χ1) is 16.8. The zero-order valence-electron chi connectivity index (χ0n) is 20.3. The van der Waals surface area contributed by atoms with Gasteiger partial charge in [0.15, 0.2) is 0 Å². The summed E-state index contributed by atoms with van der Waals surface area (Å²) in [6, 6.07) is 36.0. The Morgan fingerprint density at radius 3 is 1.71 bits per heavy atom. The van der Waals surface area contributed by atoms with Gasteiger partial charge in [-0.05, 0) is 48.5 Å². The van der Waals surface area contributed by atoms with Gasteiger partial charge >= 0.3 is 0 Å². The summed E-state index contributed by atoms with van der Waals surface area (Å²) >= 11 is 0. The van der Waals surface area contributed by atoms with Crippen LogP contribution in [0.5, 0.6) is 0 Å². The number of sulfonamides is 1. The summed E-state index contributed by atoms with van der Waals surface area (Å²) in [6.07, 6.45) is -0.527. The molecule has 4 nitrogen and oxygen atoms in total. The number of hydrogen-bond acceptors (Lipinski definition) is 3. The van der Waals surface area contributed by atoms with Crippen LogP contribution in [0.4, 0.5) is 0 Å². The predicted molar refractivity (Wildman–Crippen MR) is 145 cm³/mol. The lowest BCUT2D eigenvalue weighted by Gasteiger charge is -2.35. The molecular weight excluding hydrogens is 470 g/mol. The number of benzene rings is 4. The Morgan fingerprint density at radius 1 is 0.686 bits per heavy atom. The van der Waals surface area contributed by atoms with Crippen molar-refractivity contribution in [3.8, 4) is 0 Å². The Labute approximate surface area is 209 Å². The van der Waals surface area contributed by atoms with E-state index in [9.17, 15) is 8.42 Å². The second kappa shape index (κ2) is 10.7. The molecule has 0 saturated carbocycles. The molecule has 4 aromatic rings. The third-order valence-corrected chi connectivity index (χ3v) is 10.1. The van der Waals surface area contributed by atoms with Gasteiger partial charge in [0.05, 0.1) is 17.0 Å². The maximum atomic E-state index is 13.5. The molecule has 2 atom stereocenters. The van der Waals surface area contributed by atoms with Crippen molar-refractivity contribution in [2.24, 2.45) is 0 Å². The monoisotopic (exact) mass is 501 g/mol. The van der Waals surface area contributed by atoms with Crippen LogP contribution in [0.15, 0.2) is 120 Å². The van der Waals surface area contributed by atoms with E-state index in [1.54, 1.807) is 12.1 Å². The standard InChI is InChI=1S/C29H31NO3SSi/c1-23-19-21-26(22-20-23)34(31,32)30-28(24-13-7-4-8-14-24)29(25-15-9-5-10-16-25)33-35(2,3)27-17-11-6-12-18-27/h4-22,28-30H,1-3H3/t28-,29+/m1/s1. The Hall–Kier alpha value is -3.03. The summed E-state index contributed by atoms with van der Waals surface area (Å²) in [5, 5.41) is 1.15. The van der Waals surface area contributed by atoms with Crippen molar-refractivity contribution >= 4 is 23.5 Å². The molecule has 35 heavy (non-hydrogen) atoms. The van der Waals surface area contributed by atoms with Gasteiger partial charge in [-0.15, -0.1) is 0 Å². The Bertz CT molecular complexity index is 1330. The lowest BCUT2D eigenvalue weighted by atomic mass is 9.97. The van der Waals surface area contributed by atoms with Gasteiger partial charge in [-0.2, -0.15) is 0 Å². The summed E-state index contributed by atoms with van der Waals surface area (Å²) in [7, 11) is -6.23. The molecule has 0 aliphatic heterocycles. The average molecular weight is 502 g/mol. The van der Waals surface area contributed by atoms with E-state index in [0.717, 1.165) is 21.9 Å². The maximum Gasteiger partial charge on any atom is 0.241 e. The fraction of sp³-hybridized carbons (Fsp3) is 0.172. The number of nitrogens with one attached hydrogen (secondary N) is 1. The van der Waals surface area contributed by atoms with E-state index < -0.39 is 30.5 Å². The summed E-state index contributed by atoms with van der Waals surface area (Å²) in [5.41, 5.74) is 2.77. The van der Waals surface area contributed by atoms with E-state index in [0.29, 0.717) is 0 Å². The molecule has 0 amide bonds. The van der Waals surface area contributed by atoms with Crippen LogP contribution >= 0.6 is 0 Å². The van der Waals surface area contributed by atoms with Crippen LogP contribution in [0.1, 0.15) is 28.8 Å². The van der Waals surface area contributed by atoms with Crippen LogP contribution in [0.3, 0.4) is 0 Å². The Kier molecular flexibility index (Phi) is 7.67. The molecule has 0 saturated heterocycles. The fourth-order valence-corrected chi connectivity index (χ4v) is 7.38. The molecule has 4 rings (SSSR count). The molecule has 0 spiro atoms. The number of aryl methyl sites for hydroxylation is 1.